The van der Waals surface area contributed by atoms with Gasteiger partial charge in [-0.05, 0) is 38.0 Å². The minimum atomic E-state index is -1.95. The summed E-state index contributed by atoms with van der Waals surface area (Å²) in [5.41, 5.74) is 21.6. The molecule has 0 bridgehead atoms. The Kier molecular flexibility index (Phi) is 27.3. The van der Waals surface area contributed by atoms with E-state index in [-0.39, 0.29) is 31.1 Å². The molecular formula is C38H65N13O15S. The van der Waals surface area contributed by atoms with Gasteiger partial charge < -0.3 is 80.8 Å². The second-order valence-electron chi connectivity index (χ2n) is 15.6. The van der Waals surface area contributed by atoms with Crippen molar-refractivity contribution >= 4 is 89.7 Å². The summed E-state index contributed by atoms with van der Waals surface area (Å²) in [6.07, 6.45) is -3.32. The van der Waals surface area contributed by atoms with Crippen LogP contribution in [-0.2, 0) is 57.5 Å². The van der Waals surface area contributed by atoms with Gasteiger partial charge in [-0.2, -0.15) is 12.6 Å². The lowest BCUT2D eigenvalue weighted by atomic mass is 9.99. The molecule has 0 spiro atoms. The maximum absolute atomic E-state index is 13.9. The van der Waals surface area contributed by atoms with Gasteiger partial charge in [-0.25, -0.2) is 4.79 Å². The van der Waals surface area contributed by atoms with E-state index in [2.05, 4.69) is 60.2 Å². The molecule has 0 aromatic rings. The number of carbonyl (C=O) groups excluding carboxylic acids is 9. The number of nitrogens with one attached hydrogen (secondary N) is 8. The van der Waals surface area contributed by atoms with Crippen LogP contribution in [0.4, 0.5) is 0 Å². The van der Waals surface area contributed by atoms with Crippen molar-refractivity contribution in [2.45, 2.75) is 128 Å². The smallest absolute Gasteiger partial charge is 0.326 e. The Bertz CT molecular complexity index is 1830. The Labute approximate surface area is 390 Å². The monoisotopic (exact) mass is 975 g/mol. The zero-order valence-corrected chi connectivity index (χ0v) is 38.7. The largest absolute Gasteiger partial charge is 0.481 e. The highest BCUT2D eigenvalue weighted by molar-refractivity contribution is 7.80. The summed E-state index contributed by atoms with van der Waals surface area (Å²) in [4.78, 5) is 157. The minimum Gasteiger partial charge on any atom is -0.481 e. The Morgan fingerprint density at radius 1 is 0.582 bits per heavy atom. The molecule has 0 unspecified atom stereocenters. The molecule has 29 heteroatoms. The molecule has 0 heterocycles. The number of aliphatic imine (C=N–C) groups is 1. The summed E-state index contributed by atoms with van der Waals surface area (Å²) in [6, 6.07) is -12.5. The number of hydrogen-bond donors (Lipinski definition) is 16. The molecule has 9 atom stereocenters. The lowest BCUT2D eigenvalue weighted by Gasteiger charge is -2.28. The maximum atomic E-state index is 13.9. The third-order valence-corrected chi connectivity index (χ3v) is 9.97. The first-order chi connectivity index (χ1) is 31.1. The van der Waals surface area contributed by atoms with Gasteiger partial charge in [0.15, 0.2) is 5.96 Å². The van der Waals surface area contributed by atoms with Crippen LogP contribution in [-0.4, -0.2) is 160 Å². The first-order valence-electron chi connectivity index (χ1n) is 20.9. The first kappa shape index (κ1) is 60.2. The fourth-order valence-corrected chi connectivity index (χ4v) is 5.93. The van der Waals surface area contributed by atoms with Gasteiger partial charge in [0.25, 0.3) is 0 Å². The van der Waals surface area contributed by atoms with Crippen LogP contribution >= 0.6 is 12.6 Å². The van der Waals surface area contributed by atoms with E-state index in [0.29, 0.717) is 6.42 Å². The number of aliphatic carboxylic acids is 3. The molecule has 0 rings (SSSR count). The van der Waals surface area contributed by atoms with Crippen molar-refractivity contribution in [1.82, 2.24) is 42.5 Å². The van der Waals surface area contributed by atoms with Crippen LogP contribution in [0.25, 0.3) is 0 Å². The average molecular weight is 976 g/mol. The number of hydrogen-bond acceptors (Lipinski definition) is 15. The lowest BCUT2D eigenvalue weighted by molar-refractivity contribution is -0.143. The molecule has 0 saturated heterocycles. The number of thiol groups is 1. The van der Waals surface area contributed by atoms with E-state index in [1.807, 2.05) is 0 Å². The Hall–Kier alpha value is -6.78. The average Bonchev–Trinajstić information content (AvgIpc) is 3.23. The number of carbonyl (C=O) groups is 12. The summed E-state index contributed by atoms with van der Waals surface area (Å²) >= 11 is 4.07. The Balaban J connectivity index is 6.65. The minimum absolute atomic E-state index is 0.0449. The fourth-order valence-electron chi connectivity index (χ4n) is 5.67. The number of amides is 9. The molecule has 0 aromatic carbocycles. The van der Waals surface area contributed by atoms with Crippen LogP contribution in [0.1, 0.15) is 79.6 Å². The molecule has 0 aliphatic carbocycles. The first-order valence-corrected chi connectivity index (χ1v) is 21.5. The van der Waals surface area contributed by atoms with Crippen molar-refractivity contribution in [1.29, 1.82) is 0 Å². The molecule has 0 saturated carbocycles. The molecule has 67 heavy (non-hydrogen) atoms. The van der Waals surface area contributed by atoms with Gasteiger partial charge in [0.05, 0.1) is 25.4 Å². The molecule has 0 aliphatic rings. The molecule has 19 N–H and O–H groups in total. The molecule has 0 radical (unpaired) electrons. The van der Waals surface area contributed by atoms with Crippen molar-refractivity contribution in [2.75, 3.05) is 18.8 Å². The van der Waals surface area contributed by atoms with Gasteiger partial charge >= 0.3 is 17.9 Å². The Morgan fingerprint density at radius 2 is 1.06 bits per heavy atom. The zero-order valence-electron chi connectivity index (χ0n) is 37.8. The number of carboxylic acids is 3. The molecule has 0 aromatic heterocycles. The van der Waals surface area contributed by atoms with Crippen LogP contribution in [0, 0.1) is 11.8 Å². The van der Waals surface area contributed by atoms with E-state index >= 15 is 0 Å². The van der Waals surface area contributed by atoms with E-state index in [4.69, 9.17) is 22.9 Å². The van der Waals surface area contributed by atoms with Gasteiger partial charge in [0.2, 0.25) is 53.2 Å². The standard InChI is InChI=1S/C38H65N13O15S/c1-6-17(4)29(37(65)66)51-35(63)23(15-67)49-32(60)20(9-10-26(54)55)46-31(59)19(8-7-11-43-38(41)42)45-33(61)21(12-24(40)52)47-34(62)22(13-27(56)57)48-36(64)28(16(2)3)50-25(53)14-44-30(58)18(5)39/h16-23,28-29,67H,6-15,39H2,1-5H3,(H2,40,52)(H,44,58)(H,45,61)(H,46,59)(H,47,62)(H,48,64)(H,49,60)(H,50,53)(H,51,63)(H,54,55)(H,56,57)(H,65,66)(H4,41,42,43)/t17-,18-,19-,20-,21-,22-,23-,28-,29-/m0/s1. The fraction of sp³-hybridized carbons (Fsp3) is 0.658. The summed E-state index contributed by atoms with van der Waals surface area (Å²) < 4.78 is 0. The second-order valence-corrected chi connectivity index (χ2v) is 16.0. The van der Waals surface area contributed by atoms with E-state index in [0.717, 1.165) is 0 Å². The van der Waals surface area contributed by atoms with Crippen LogP contribution in [0.5, 0.6) is 0 Å². The van der Waals surface area contributed by atoms with Gasteiger partial charge in [-0.3, -0.25) is 57.7 Å². The van der Waals surface area contributed by atoms with Crippen molar-refractivity contribution in [2.24, 2.45) is 39.8 Å². The third kappa shape index (κ3) is 23.8. The topological polar surface area (TPSA) is 478 Å². The van der Waals surface area contributed by atoms with Crippen molar-refractivity contribution in [3.63, 3.8) is 0 Å². The maximum Gasteiger partial charge on any atom is 0.326 e. The number of rotatable bonds is 32. The van der Waals surface area contributed by atoms with Crippen LogP contribution in [0.15, 0.2) is 4.99 Å². The van der Waals surface area contributed by atoms with Gasteiger partial charge in [-0.1, -0.05) is 34.1 Å². The number of primary amides is 1. The van der Waals surface area contributed by atoms with E-state index in [1.54, 1.807) is 13.8 Å². The highest BCUT2D eigenvalue weighted by Crippen LogP contribution is 2.10. The SMILES string of the molecule is CC[C@H](C)[C@H](NC(=O)[C@H](CS)NC(=O)[C@H](CCC(=O)O)NC(=O)[C@H](CCCN=C(N)N)NC(=O)[C@H](CC(N)=O)NC(=O)[C@H](CC(=O)O)NC(=O)[C@@H](NC(=O)CNC(=O)[C@H](C)N)C(C)C)C(=O)O. The molecule has 9 amide bonds. The summed E-state index contributed by atoms with van der Waals surface area (Å²) in [7, 11) is 0. The molecule has 0 aliphatic heterocycles. The van der Waals surface area contributed by atoms with Crippen LogP contribution < -0.4 is 65.5 Å². The van der Waals surface area contributed by atoms with E-state index < -0.39 is 163 Å². The lowest BCUT2D eigenvalue weighted by Crippen LogP contribution is -2.61. The van der Waals surface area contributed by atoms with Gasteiger partial charge in [-0.15, -0.1) is 0 Å². The summed E-state index contributed by atoms with van der Waals surface area (Å²) in [5.74, 6) is -15.8. The number of nitrogens with zero attached hydrogens (tertiary/aromatic N) is 1. The van der Waals surface area contributed by atoms with Crippen molar-refractivity contribution in [3.8, 4) is 0 Å². The second kappa shape index (κ2) is 30.4. The molecular weight excluding hydrogens is 911 g/mol. The highest BCUT2D eigenvalue weighted by atomic mass is 32.1. The predicted octanol–water partition coefficient (Wildman–Crippen LogP) is -6.17. The predicted molar refractivity (Wildman–Crippen MR) is 239 cm³/mol. The van der Waals surface area contributed by atoms with Gasteiger partial charge in [0.1, 0.15) is 42.3 Å². The normalized spacial score (nSPS) is 14.9. The summed E-state index contributed by atoms with van der Waals surface area (Å²) in [6.45, 7) is 6.92. The van der Waals surface area contributed by atoms with Crippen molar-refractivity contribution < 1.29 is 72.9 Å². The van der Waals surface area contributed by atoms with Crippen LogP contribution in [0.3, 0.4) is 0 Å². The highest BCUT2D eigenvalue weighted by Gasteiger charge is 2.36. The quantitative estimate of drug-likeness (QED) is 0.0129. The number of guanidine groups is 1. The van der Waals surface area contributed by atoms with Gasteiger partial charge in [0, 0.05) is 18.7 Å². The Morgan fingerprint density at radius 3 is 1.51 bits per heavy atom. The van der Waals surface area contributed by atoms with Crippen molar-refractivity contribution in [3.05, 3.63) is 0 Å². The summed E-state index contributed by atoms with van der Waals surface area (Å²) in [5, 5.41) is 46.7. The van der Waals surface area contributed by atoms with E-state index in [9.17, 15) is 72.9 Å². The van der Waals surface area contributed by atoms with E-state index in [1.165, 1.54) is 20.8 Å². The molecule has 0 fully saturated rings. The number of carboxylic acid groups (broad SMARTS) is 3. The molecule has 378 valence electrons. The number of nitrogens with two attached hydrogens (primary N) is 4. The zero-order chi connectivity index (χ0) is 51.7. The molecule has 28 nitrogen and oxygen atoms in total. The van der Waals surface area contributed by atoms with Crippen LogP contribution in [0.2, 0.25) is 0 Å². The third-order valence-electron chi connectivity index (χ3n) is 9.60.